The minimum atomic E-state index is -4.37. The number of amides is 1. The van der Waals surface area contributed by atoms with Crippen LogP contribution in [-0.2, 0) is 19.0 Å². The number of nitrogens with one attached hydrogen (secondary N) is 1. The van der Waals surface area contributed by atoms with Crippen LogP contribution < -0.4 is 4.90 Å². The second kappa shape index (κ2) is 7.44. The molecule has 2 heterocycles. The molecule has 0 spiro atoms. The molecule has 0 saturated carbocycles. The summed E-state index contributed by atoms with van der Waals surface area (Å²) in [6, 6.07) is 13.4. The van der Waals surface area contributed by atoms with Gasteiger partial charge in [-0.3, -0.25) is 9.89 Å². The highest BCUT2D eigenvalue weighted by Gasteiger charge is 2.32. The lowest BCUT2D eigenvalue weighted by Gasteiger charge is -2.36. The summed E-state index contributed by atoms with van der Waals surface area (Å²) in [5.41, 5.74) is 4.47. The number of aromatic nitrogens is 2. The number of benzene rings is 2. The molecule has 0 radical (unpaired) electrons. The zero-order valence-corrected chi connectivity index (χ0v) is 16.7. The number of fused-ring (bicyclic) bond motifs is 3. The molecule has 1 aliphatic heterocycles. The lowest BCUT2D eigenvalue weighted by atomic mass is 9.89. The van der Waals surface area contributed by atoms with E-state index in [2.05, 4.69) is 16.3 Å². The first-order valence-corrected chi connectivity index (χ1v) is 10.3. The first-order chi connectivity index (χ1) is 14.9. The molecule has 0 unspecified atom stereocenters. The van der Waals surface area contributed by atoms with Crippen LogP contribution in [0.5, 0.6) is 0 Å². The van der Waals surface area contributed by atoms with Crippen molar-refractivity contribution in [1.82, 2.24) is 15.1 Å². The fourth-order valence-electron chi connectivity index (χ4n) is 4.44. The Morgan fingerprint density at radius 3 is 2.52 bits per heavy atom. The molecule has 1 aliphatic carbocycles. The summed E-state index contributed by atoms with van der Waals surface area (Å²) in [6.07, 6.45) is -2.74. The SMILES string of the molecule is O=C(c1[nH]nc2c1CCc1ccccc1-2)N1CCN(c2cccc(C(F)(F)F)c2)CC1. The molecule has 5 rings (SSSR count). The summed E-state index contributed by atoms with van der Waals surface area (Å²) in [7, 11) is 0. The Morgan fingerprint density at radius 2 is 1.74 bits per heavy atom. The molecule has 1 fully saturated rings. The minimum Gasteiger partial charge on any atom is -0.368 e. The Balaban J connectivity index is 1.30. The fourth-order valence-corrected chi connectivity index (χ4v) is 4.44. The van der Waals surface area contributed by atoms with E-state index in [4.69, 9.17) is 0 Å². The Labute approximate surface area is 177 Å². The van der Waals surface area contributed by atoms with E-state index in [9.17, 15) is 18.0 Å². The maximum atomic E-state index is 13.2. The molecule has 1 N–H and O–H groups in total. The van der Waals surface area contributed by atoms with E-state index in [1.807, 2.05) is 23.1 Å². The van der Waals surface area contributed by atoms with Crippen molar-refractivity contribution in [2.75, 3.05) is 31.1 Å². The van der Waals surface area contributed by atoms with Gasteiger partial charge in [-0.25, -0.2) is 0 Å². The van der Waals surface area contributed by atoms with Crippen LogP contribution in [0.2, 0.25) is 0 Å². The Morgan fingerprint density at radius 1 is 0.968 bits per heavy atom. The van der Waals surface area contributed by atoms with Crippen LogP contribution in [0.15, 0.2) is 48.5 Å². The Bertz CT molecular complexity index is 1130. The van der Waals surface area contributed by atoms with Crippen molar-refractivity contribution >= 4 is 11.6 Å². The number of alkyl halides is 3. The topological polar surface area (TPSA) is 52.2 Å². The summed E-state index contributed by atoms with van der Waals surface area (Å²) >= 11 is 0. The monoisotopic (exact) mass is 426 g/mol. The van der Waals surface area contributed by atoms with Gasteiger partial charge in [0.05, 0.1) is 11.3 Å². The lowest BCUT2D eigenvalue weighted by molar-refractivity contribution is -0.137. The van der Waals surface area contributed by atoms with Gasteiger partial charge in [0.1, 0.15) is 5.69 Å². The zero-order chi connectivity index (χ0) is 21.6. The third-order valence-electron chi connectivity index (χ3n) is 6.10. The van der Waals surface area contributed by atoms with Gasteiger partial charge in [0.25, 0.3) is 5.91 Å². The Kier molecular flexibility index (Phi) is 4.72. The highest BCUT2D eigenvalue weighted by Crippen LogP contribution is 2.34. The smallest absolute Gasteiger partial charge is 0.368 e. The number of anilines is 1. The van der Waals surface area contributed by atoms with Gasteiger partial charge in [-0.15, -0.1) is 0 Å². The largest absolute Gasteiger partial charge is 0.416 e. The highest BCUT2D eigenvalue weighted by atomic mass is 19.4. The van der Waals surface area contributed by atoms with E-state index in [1.54, 1.807) is 11.0 Å². The van der Waals surface area contributed by atoms with Crippen LogP contribution in [0.4, 0.5) is 18.9 Å². The molecule has 2 aromatic carbocycles. The number of piperazine rings is 1. The molecule has 1 saturated heterocycles. The first-order valence-electron chi connectivity index (χ1n) is 10.3. The van der Waals surface area contributed by atoms with Gasteiger partial charge in [0, 0.05) is 43.0 Å². The zero-order valence-electron chi connectivity index (χ0n) is 16.7. The van der Waals surface area contributed by atoms with Crippen LogP contribution in [0.1, 0.15) is 27.2 Å². The van der Waals surface area contributed by atoms with Crippen molar-refractivity contribution in [3.8, 4) is 11.3 Å². The van der Waals surface area contributed by atoms with E-state index in [-0.39, 0.29) is 5.91 Å². The number of hydrogen-bond acceptors (Lipinski definition) is 3. The molecular formula is C23H21F3N4O. The number of nitrogens with zero attached hydrogens (tertiary/aromatic N) is 3. The van der Waals surface area contributed by atoms with Crippen molar-refractivity contribution in [1.29, 1.82) is 0 Å². The maximum Gasteiger partial charge on any atom is 0.416 e. The first kappa shape index (κ1) is 19.7. The summed E-state index contributed by atoms with van der Waals surface area (Å²) < 4.78 is 39.0. The third-order valence-corrected chi connectivity index (χ3v) is 6.10. The molecule has 0 atom stereocenters. The van der Waals surface area contributed by atoms with E-state index < -0.39 is 11.7 Å². The van der Waals surface area contributed by atoms with Gasteiger partial charge < -0.3 is 9.80 Å². The van der Waals surface area contributed by atoms with Crippen LogP contribution in [-0.4, -0.2) is 47.2 Å². The quantitative estimate of drug-likeness (QED) is 0.670. The van der Waals surface area contributed by atoms with Crippen molar-refractivity contribution in [2.45, 2.75) is 19.0 Å². The molecule has 5 nitrogen and oxygen atoms in total. The summed E-state index contributed by atoms with van der Waals surface area (Å²) in [5, 5.41) is 7.36. The maximum absolute atomic E-state index is 13.2. The van der Waals surface area contributed by atoms with Crippen LogP contribution >= 0.6 is 0 Å². The van der Waals surface area contributed by atoms with Crippen molar-refractivity contribution in [3.05, 3.63) is 70.9 Å². The molecule has 8 heteroatoms. The molecule has 31 heavy (non-hydrogen) atoms. The summed E-state index contributed by atoms with van der Waals surface area (Å²) in [5.74, 6) is -0.100. The number of aryl methyl sites for hydroxylation is 1. The predicted octanol–water partition coefficient (Wildman–Crippen LogP) is 4.16. The highest BCUT2D eigenvalue weighted by molar-refractivity contribution is 5.96. The van der Waals surface area contributed by atoms with Crippen LogP contribution in [0.25, 0.3) is 11.3 Å². The third kappa shape index (κ3) is 3.56. The normalized spacial score (nSPS) is 16.1. The van der Waals surface area contributed by atoms with Gasteiger partial charge in [0.2, 0.25) is 0 Å². The van der Waals surface area contributed by atoms with Crippen molar-refractivity contribution < 1.29 is 18.0 Å². The molecule has 3 aromatic rings. The van der Waals surface area contributed by atoms with Gasteiger partial charge in [-0.05, 0) is 36.6 Å². The van der Waals surface area contributed by atoms with Gasteiger partial charge in [-0.2, -0.15) is 18.3 Å². The molecule has 1 aromatic heterocycles. The van der Waals surface area contributed by atoms with Crippen molar-refractivity contribution in [2.24, 2.45) is 0 Å². The number of aromatic amines is 1. The second-order valence-corrected chi connectivity index (χ2v) is 7.91. The molecule has 160 valence electrons. The van der Waals surface area contributed by atoms with E-state index in [1.165, 1.54) is 17.7 Å². The van der Waals surface area contributed by atoms with E-state index in [0.717, 1.165) is 35.7 Å². The van der Waals surface area contributed by atoms with Gasteiger partial charge >= 0.3 is 6.18 Å². The van der Waals surface area contributed by atoms with Gasteiger partial charge in [0.15, 0.2) is 0 Å². The summed E-state index contributed by atoms with van der Waals surface area (Å²) in [4.78, 5) is 16.8. The number of hydrogen-bond donors (Lipinski definition) is 1. The molecular weight excluding hydrogens is 405 g/mol. The van der Waals surface area contributed by atoms with Crippen molar-refractivity contribution in [3.63, 3.8) is 0 Å². The number of rotatable bonds is 2. The van der Waals surface area contributed by atoms with Gasteiger partial charge in [-0.1, -0.05) is 30.3 Å². The predicted molar refractivity (Wildman–Crippen MR) is 111 cm³/mol. The summed E-state index contributed by atoms with van der Waals surface area (Å²) in [6.45, 7) is 1.84. The standard InChI is InChI=1S/C23H21F3N4O/c24-23(25,26)16-5-3-6-17(14-16)29-10-12-30(13-11-29)22(31)21-19-9-8-15-4-1-2-7-18(15)20(19)27-28-21/h1-7,14H,8-13H2,(H,27,28). The van der Waals surface area contributed by atoms with E-state index >= 15 is 0 Å². The van der Waals surface area contributed by atoms with Crippen LogP contribution in [0, 0.1) is 0 Å². The second-order valence-electron chi connectivity index (χ2n) is 7.91. The average molecular weight is 426 g/mol. The Hall–Kier alpha value is -3.29. The minimum absolute atomic E-state index is 0.100. The molecule has 0 bridgehead atoms. The molecule has 1 amide bonds. The number of halogens is 3. The molecule has 2 aliphatic rings. The average Bonchev–Trinajstić information content (AvgIpc) is 3.23. The van der Waals surface area contributed by atoms with Crippen LogP contribution in [0.3, 0.4) is 0 Å². The number of carbonyl (C=O) groups is 1. The number of carbonyl (C=O) groups excluding carboxylic acids is 1. The lowest BCUT2D eigenvalue weighted by Crippen LogP contribution is -2.49. The number of H-pyrrole nitrogens is 1. The van der Waals surface area contributed by atoms with E-state index in [0.29, 0.717) is 37.6 Å². The fraction of sp³-hybridized carbons (Fsp3) is 0.304.